The summed E-state index contributed by atoms with van der Waals surface area (Å²) < 4.78 is 2.29. The third kappa shape index (κ3) is 2.60. The van der Waals surface area contributed by atoms with E-state index in [1.165, 1.54) is 21.5 Å². The molecule has 0 amide bonds. The average Bonchev–Trinajstić information content (AvgIpc) is 3.04. The van der Waals surface area contributed by atoms with E-state index in [9.17, 15) is 0 Å². The van der Waals surface area contributed by atoms with Crippen LogP contribution in [0.2, 0.25) is 0 Å². The molecule has 2 nitrogen and oxygen atoms in total. The van der Waals surface area contributed by atoms with E-state index in [2.05, 4.69) is 48.1 Å². The minimum absolute atomic E-state index is 0.0955. The molecular weight excluding hydrogens is 300 g/mol. The Hall–Kier alpha value is -1.32. The van der Waals surface area contributed by atoms with Gasteiger partial charge >= 0.3 is 0 Å². The summed E-state index contributed by atoms with van der Waals surface area (Å²) in [6.07, 6.45) is 1.07. The first-order valence-corrected chi connectivity index (χ1v) is 8.58. The summed E-state index contributed by atoms with van der Waals surface area (Å²) in [6.45, 7) is 7.19. The summed E-state index contributed by atoms with van der Waals surface area (Å²) in [6, 6.07) is 8.48. The van der Waals surface area contributed by atoms with Crippen molar-refractivity contribution in [2.75, 3.05) is 0 Å². The van der Waals surface area contributed by atoms with E-state index >= 15 is 0 Å². The number of halogens is 1. The van der Waals surface area contributed by atoms with Crippen LogP contribution >= 0.6 is 22.9 Å². The SMILES string of the molecule is CCc1ccsc1Cn1c(C(C)Cl)nc2cccc(C)c21. The van der Waals surface area contributed by atoms with Crippen molar-refractivity contribution in [3.05, 3.63) is 51.5 Å². The Kier molecular flexibility index (Phi) is 4.05. The van der Waals surface area contributed by atoms with Crippen molar-refractivity contribution in [3.63, 3.8) is 0 Å². The van der Waals surface area contributed by atoms with Crippen LogP contribution in [0.15, 0.2) is 29.6 Å². The lowest BCUT2D eigenvalue weighted by Crippen LogP contribution is -2.06. The van der Waals surface area contributed by atoms with E-state index in [4.69, 9.17) is 16.6 Å². The number of hydrogen-bond acceptors (Lipinski definition) is 2. The molecule has 0 aliphatic heterocycles. The molecular formula is C17H19ClN2S. The normalized spacial score (nSPS) is 13.0. The highest BCUT2D eigenvalue weighted by Gasteiger charge is 2.17. The first-order valence-electron chi connectivity index (χ1n) is 7.26. The Morgan fingerprint density at radius 1 is 1.33 bits per heavy atom. The summed E-state index contributed by atoms with van der Waals surface area (Å²) >= 11 is 8.18. The highest BCUT2D eigenvalue weighted by molar-refractivity contribution is 7.10. The monoisotopic (exact) mass is 318 g/mol. The lowest BCUT2D eigenvalue weighted by Gasteiger charge is -2.12. The Balaban J connectivity index is 2.18. The number of imidazole rings is 1. The lowest BCUT2D eigenvalue weighted by molar-refractivity contribution is 0.744. The van der Waals surface area contributed by atoms with Crippen LogP contribution in [0.25, 0.3) is 11.0 Å². The molecule has 0 N–H and O–H groups in total. The average molecular weight is 319 g/mol. The standard InChI is InChI=1S/C17H19ClN2S/c1-4-13-8-9-21-15(13)10-20-16-11(2)6-5-7-14(16)19-17(20)12(3)18/h5-9,12H,4,10H2,1-3H3. The third-order valence-electron chi connectivity index (χ3n) is 3.87. The van der Waals surface area contributed by atoms with Crippen molar-refractivity contribution in [3.8, 4) is 0 Å². The van der Waals surface area contributed by atoms with Gasteiger partial charge in [-0.25, -0.2) is 4.98 Å². The van der Waals surface area contributed by atoms with Gasteiger partial charge in [0.15, 0.2) is 0 Å². The fourth-order valence-electron chi connectivity index (χ4n) is 2.81. The van der Waals surface area contributed by atoms with Crippen molar-refractivity contribution in [1.82, 2.24) is 9.55 Å². The molecule has 110 valence electrons. The first-order chi connectivity index (χ1) is 10.1. The van der Waals surface area contributed by atoms with Crippen LogP contribution < -0.4 is 0 Å². The van der Waals surface area contributed by atoms with E-state index in [0.29, 0.717) is 0 Å². The molecule has 21 heavy (non-hydrogen) atoms. The molecule has 0 spiro atoms. The topological polar surface area (TPSA) is 17.8 Å². The van der Waals surface area contributed by atoms with Gasteiger partial charge in [-0.1, -0.05) is 19.1 Å². The van der Waals surface area contributed by atoms with Crippen LogP contribution in [-0.4, -0.2) is 9.55 Å². The maximum atomic E-state index is 6.37. The van der Waals surface area contributed by atoms with Gasteiger partial charge in [-0.2, -0.15) is 0 Å². The zero-order chi connectivity index (χ0) is 15.0. The van der Waals surface area contributed by atoms with Crippen LogP contribution in [0, 0.1) is 6.92 Å². The summed E-state index contributed by atoms with van der Waals surface area (Å²) in [7, 11) is 0. The number of thiophene rings is 1. The van der Waals surface area contributed by atoms with E-state index in [1.807, 2.05) is 18.3 Å². The van der Waals surface area contributed by atoms with Crippen LogP contribution in [0.1, 0.15) is 41.1 Å². The molecule has 2 heterocycles. The molecule has 4 heteroatoms. The quantitative estimate of drug-likeness (QED) is 0.595. The fraction of sp³-hybridized carbons (Fsp3) is 0.353. The van der Waals surface area contributed by atoms with Crippen molar-refractivity contribution in [1.29, 1.82) is 0 Å². The molecule has 3 rings (SSSR count). The van der Waals surface area contributed by atoms with Gasteiger partial charge < -0.3 is 4.57 Å². The van der Waals surface area contributed by atoms with Gasteiger partial charge in [-0.15, -0.1) is 22.9 Å². The zero-order valence-corrected chi connectivity index (χ0v) is 14.1. The van der Waals surface area contributed by atoms with E-state index < -0.39 is 0 Å². The van der Waals surface area contributed by atoms with Gasteiger partial charge in [0.2, 0.25) is 0 Å². The number of aromatic nitrogens is 2. The Labute approximate surface area is 134 Å². The van der Waals surface area contributed by atoms with Crippen LogP contribution in [0.5, 0.6) is 0 Å². The minimum atomic E-state index is -0.0955. The molecule has 0 aliphatic carbocycles. The summed E-state index contributed by atoms with van der Waals surface area (Å²) in [4.78, 5) is 6.15. The number of fused-ring (bicyclic) bond motifs is 1. The fourth-order valence-corrected chi connectivity index (χ4v) is 3.94. The number of para-hydroxylation sites is 1. The number of nitrogens with zero attached hydrogens (tertiary/aromatic N) is 2. The second kappa shape index (κ2) is 5.82. The zero-order valence-electron chi connectivity index (χ0n) is 12.6. The van der Waals surface area contributed by atoms with Gasteiger partial charge in [0, 0.05) is 4.88 Å². The molecule has 1 atom stereocenters. The summed E-state index contributed by atoms with van der Waals surface area (Å²) in [5.74, 6) is 0.955. The summed E-state index contributed by atoms with van der Waals surface area (Å²) in [5.41, 5.74) is 4.91. The van der Waals surface area contributed by atoms with Crippen molar-refractivity contribution < 1.29 is 0 Å². The Morgan fingerprint density at radius 3 is 2.86 bits per heavy atom. The second-order valence-electron chi connectivity index (χ2n) is 5.34. The van der Waals surface area contributed by atoms with E-state index in [0.717, 1.165) is 24.3 Å². The van der Waals surface area contributed by atoms with Crippen molar-refractivity contribution in [2.24, 2.45) is 0 Å². The van der Waals surface area contributed by atoms with Crippen molar-refractivity contribution in [2.45, 2.75) is 39.1 Å². The maximum Gasteiger partial charge on any atom is 0.128 e. The molecule has 0 saturated carbocycles. The van der Waals surface area contributed by atoms with Crippen LogP contribution in [0.4, 0.5) is 0 Å². The molecule has 2 aromatic heterocycles. The second-order valence-corrected chi connectivity index (χ2v) is 6.99. The van der Waals surface area contributed by atoms with Crippen molar-refractivity contribution >= 4 is 34.0 Å². The van der Waals surface area contributed by atoms with Gasteiger partial charge in [0.1, 0.15) is 5.82 Å². The molecule has 1 unspecified atom stereocenters. The highest BCUT2D eigenvalue weighted by atomic mass is 35.5. The van der Waals surface area contributed by atoms with Gasteiger partial charge in [-0.3, -0.25) is 0 Å². The largest absolute Gasteiger partial charge is 0.321 e. The predicted molar refractivity (Wildman–Crippen MR) is 91.5 cm³/mol. The third-order valence-corrected chi connectivity index (χ3v) is 5.02. The number of aryl methyl sites for hydroxylation is 2. The minimum Gasteiger partial charge on any atom is -0.321 e. The molecule has 0 bridgehead atoms. The lowest BCUT2D eigenvalue weighted by atomic mass is 10.2. The molecule has 0 fully saturated rings. The highest BCUT2D eigenvalue weighted by Crippen LogP contribution is 2.29. The van der Waals surface area contributed by atoms with E-state index in [-0.39, 0.29) is 5.38 Å². The van der Waals surface area contributed by atoms with Crippen LogP contribution in [0.3, 0.4) is 0 Å². The predicted octanol–water partition coefficient (Wildman–Crippen LogP) is 5.32. The van der Waals surface area contributed by atoms with Crippen LogP contribution in [-0.2, 0) is 13.0 Å². The van der Waals surface area contributed by atoms with Gasteiger partial charge in [0.05, 0.1) is 23.0 Å². The number of rotatable bonds is 4. The van der Waals surface area contributed by atoms with Gasteiger partial charge in [-0.05, 0) is 48.9 Å². The smallest absolute Gasteiger partial charge is 0.128 e. The molecule has 1 aromatic carbocycles. The number of alkyl halides is 1. The van der Waals surface area contributed by atoms with Gasteiger partial charge in [0.25, 0.3) is 0 Å². The molecule has 0 aliphatic rings. The van der Waals surface area contributed by atoms with E-state index in [1.54, 1.807) is 0 Å². The summed E-state index contributed by atoms with van der Waals surface area (Å²) in [5, 5.41) is 2.08. The number of hydrogen-bond donors (Lipinski definition) is 0. The Morgan fingerprint density at radius 2 is 2.14 bits per heavy atom. The molecule has 0 saturated heterocycles. The first kappa shape index (κ1) is 14.6. The Bertz CT molecular complexity index is 770. The number of benzene rings is 1. The molecule has 0 radical (unpaired) electrons. The maximum absolute atomic E-state index is 6.37. The molecule has 3 aromatic rings.